The number of benzene rings is 2. The number of H-pyrrole nitrogens is 1. The maximum absolute atomic E-state index is 13.0. The zero-order valence-electron chi connectivity index (χ0n) is 14.9. The summed E-state index contributed by atoms with van der Waals surface area (Å²) in [6, 6.07) is 16.2. The summed E-state index contributed by atoms with van der Waals surface area (Å²) < 4.78 is 5.52. The molecule has 1 atom stereocenters. The van der Waals surface area contributed by atoms with E-state index in [0.717, 1.165) is 41.7 Å². The summed E-state index contributed by atoms with van der Waals surface area (Å²) in [5.74, 6) is 1.02. The summed E-state index contributed by atoms with van der Waals surface area (Å²) >= 11 is 0. The largest absolute Gasteiger partial charge is 0.494 e. The molecule has 0 bridgehead atoms. The molecule has 0 aliphatic carbocycles. The molecule has 5 heteroatoms. The number of rotatable bonds is 5. The molecule has 1 amide bonds. The van der Waals surface area contributed by atoms with Gasteiger partial charge in [-0.2, -0.15) is 5.10 Å². The number of amides is 1. The normalized spacial score (nSPS) is 17.0. The first-order chi connectivity index (χ1) is 12.8. The summed E-state index contributed by atoms with van der Waals surface area (Å²) in [5, 5.41) is 8.35. The van der Waals surface area contributed by atoms with Crippen LogP contribution in [0.2, 0.25) is 0 Å². The SMILES string of the molecule is CCOc1ccc(C2CCCN2C(=O)Cc2[nH]nc3ccccc23)cc1. The van der Waals surface area contributed by atoms with Crippen LogP contribution in [0.5, 0.6) is 5.75 Å². The Kier molecular flexibility index (Phi) is 4.61. The number of carbonyl (C=O) groups excluding carboxylic acids is 1. The summed E-state index contributed by atoms with van der Waals surface area (Å²) in [6.07, 6.45) is 2.39. The number of hydrogen-bond donors (Lipinski definition) is 1. The lowest BCUT2D eigenvalue weighted by molar-refractivity contribution is -0.131. The van der Waals surface area contributed by atoms with Gasteiger partial charge in [-0.25, -0.2) is 0 Å². The van der Waals surface area contributed by atoms with Crippen LogP contribution < -0.4 is 4.74 Å². The molecule has 1 N–H and O–H groups in total. The number of para-hydroxylation sites is 1. The monoisotopic (exact) mass is 349 g/mol. The summed E-state index contributed by atoms with van der Waals surface area (Å²) in [4.78, 5) is 15.0. The molecule has 0 radical (unpaired) electrons. The second-order valence-corrected chi connectivity index (χ2v) is 6.64. The Morgan fingerprint density at radius 1 is 1.23 bits per heavy atom. The Morgan fingerprint density at radius 2 is 2.04 bits per heavy atom. The molecule has 2 aromatic carbocycles. The van der Waals surface area contributed by atoms with Gasteiger partial charge in [-0.3, -0.25) is 9.89 Å². The second-order valence-electron chi connectivity index (χ2n) is 6.64. The number of carbonyl (C=O) groups is 1. The van der Waals surface area contributed by atoms with Crippen LogP contribution in [0.25, 0.3) is 10.9 Å². The van der Waals surface area contributed by atoms with Gasteiger partial charge < -0.3 is 9.64 Å². The maximum atomic E-state index is 13.0. The first-order valence-electron chi connectivity index (χ1n) is 9.20. The highest BCUT2D eigenvalue weighted by molar-refractivity contribution is 5.87. The lowest BCUT2D eigenvalue weighted by Crippen LogP contribution is -2.32. The number of nitrogens with one attached hydrogen (secondary N) is 1. The number of hydrogen-bond acceptors (Lipinski definition) is 3. The van der Waals surface area contributed by atoms with Gasteiger partial charge in [0.15, 0.2) is 0 Å². The van der Waals surface area contributed by atoms with Crippen LogP contribution in [0.4, 0.5) is 0 Å². The number of aromatic amines is 1. The van der Waals surface area contributed by atoms with Gasteiger partial charge in [0.1, 0.15) is 5.75 Å². The van der Waals surface area contributed by atoms with Crippen molar-refractivity contribution in [2.75, 3.05) is 13.2 Å². The van der Waals surface area contributed by atoms with E-state index in [4.69, 9.17) is 4.74 Å². The molecule has 3 aromatic rings. The summed E-state index contributed by atoms with van der Waals surface area (Å²) in [7, 11) is 0. The molecule has 5 nitrogen and oxygen atoms in total. The highest BCUT2D eigenvalue weighted by Gasteiger charge is 2.30. The first-order valence-corrected chi connectivity index (χ1v) is 9.20. The minimum absolute atomic E-state index is 0.146. The minimum Gasteiger partial charge on any atom is -0.494 e. The Morgan fingerprint density at radius 3 is 2.85 bits per heavy atom. The van der Waals surface area contributed by atoms with E-state index < -0.39 is 0 Å². The standard InChI is InChI=1S/C21H23N3O2/c1-2-26-16-11-9-15(10-12-16)20-8-5-13-24(20)21(25)14-19-17-6-3-4-7-18(17)22-23-19/h3-4,6-7,9-12,20H,2,5,8,13-14H2,1H3,(H,22,23). The average molecular weight is 349 g/mol. The fraction of sp³-hybridized carbons (Fsp3) is 0.333. The van der Waals surface area contributed by atoms with E-state index in [2.05, 4.69) is 22.3 Å². The third kappa shape index (κ3) is 3.17. The summed E-state index contributed by atoms with van der Waals surface area (Å²) in [5.41, 5.74) is 2.97. The van der Waals surface area contributed by atoms with E-state index in [-0.39, 0.29) is 11.9 Å². The molecule has 26 heavy (non-hydrogen) atoms. The third-order valence-electron chi connectivity index (χ3n) is 5.02. The van der Waals surface area contributed by atoms with Gasteiger partial charge >= 0.3 is 0 Å². The van der Waals surface area contributed by atoms with E-state index >= 15 is 0 Å². The summed E-state index contributed by atoms with van der Waals surface area (Å²) in [6.45, 7) is 3.44. The lowest BCUT2D eigenvalue weighted by Gasteiger charge is -2.25. The van der Waals surface area contributed by atoms with E-state index in [1.54, 1.807) is 0 Å². The minimum atomic E-state index is 0.146. The van der Waals surface area contributed by atoms with Gasteiger partial charge in [0.25, 0.3) is 0 Å². The van der Waals surface area contributed by atoms with Crippen molar-refractivity contribution in [3.05, 3.63) is 59.8 Å². The molecule has 0 spiro atoms. The number of likely N-dealkylation sites (tertiary alicyclic amines) is 1. The highest BCUT2D eigenvalue weighted by Crippen LogP contribution is 2.33. The Labute approximate surface area is 153 Å². The maximum Gasteiger partial charge on any atom is 0.229 e. The van der Waals surface area contributed by atoms with Crippen LogP contribution in [0.1, 0.15) is 37.1 Å². The van der Waals surface area contributed by atoms with Crippen LogP contribution in [-0.4, -0.2) is 34.2 Å². The molecule has 1 unspecified atom stereocenters. The molecule has 2 heterocycles. The van der Waals surface area contributed by atoms with Gasteiger partial charge in [-0.05, 0) is 43.5 Å². The third-order valence-corrected chi connectivity index (χ3v) is 5.02. The van der Waals surface area contributed by atoms with E-state index in [1.165, 1.54) is 5.56 Å². The van der Waals surface area contributed by atoms with Gasteiger partial charge in [-0.1, -0.05) is 30.3 Å². The molecule has 4 rings (SSSR count). The smallest absolute Gasteiger partial charge is 0.229 e. The van der Waals surface area contributed by atoms with Crippen molar-refractivity contribution in [1.82, 2.24) is 15.1 Å². The quantitative estimate of drug-likeness (QED) is 0.761. The predicted molar refractivity (Wildman–Crippen MR) is 101 cm³/mol. The predicted octanol–water partition coefficient (Wildman–Crippen LogP) is 3.87. The molecule has 134 valence electrons. The van der Waals surface area contributed by atoms with Crippen molar-refractivity contribution in [1.29, 1.82) is 0 Å². The Balaban J connectivity index is 1.51. The van der Waals surface area contributed by atoms with Gasteiger partial charge in [-0.15, -0.1) is 0 Å². The van der Waals surface area contributed by atoms with Crippen molar-refractivity contribution in [3.8, 4) is 5.75 Å². The molecule has 1 aliphatic rings. The van der Waals surface area contributed by atoms with Crippen molar-refractivity contribution in [3.63, 3.8) is 0 Å². The fourth-order valence-corrected chi connectivity index (χ4v) is 3.77. The van der Waals surface area contributed by atoms with E-state index in [1.807, 2.05) is 48.2 Å². The van der Waals surface area contributed by atoms with Gasteiger partial charge in [0, 0.05) is 11.9 Å². The fourth-order valence-electron chi connectivity index (χ4n) is 3.77. The van der Waals surface area contributed by atoms with Crippen molar-refractivity contribution < 1.29 is 9.53 Å². The number of fused-ring (bicyclic) bond motifs is 1. The molecular formula is C21H23N3O2. The second kappa shape index (κ2) is 7.20. The number of nitrogens with zero attached hydrogens (tertiary/aromatic N) is 2. The molecule has 1 fully saturated rings. The van der Waals surface area contributed by atoms with Crippen LogP contribution in [0, 0.1) is 0 Å². The van der Waals surface area contributed by atoms with Crippen molar-refractivity contribution >= 4 is 16.8 Å². The van der Waals surface area contributed by atoms with Crippen LogP contribution >= 0.6 is 0 Å². The van der Waals surface area contributed by atoms with Gasteiger partial charge in [0.05, 0.1) is 30.3 Å². The van der Waals surface area contributed by atoms with Gasteiger partial charge in [0.2, 0.25) is 5.91 Å². The van der Waals surface area contributed by atoms with Crippen LogP contribution in [0.3, 0.4) is 0 Å². The van der Waals surface area contributed by atoms with Crippen LogP contribution in [0.15, 0.2) is 48.5 Å². The number of aromatic nitrogens is 2. The highest BCUT2D eigenvalue weighted by atomic mass is 16.5. The molecule has 0 saturated carbocycles. The lowest BCUT2D eigenvalue weighted by atomic mass is 10.0. The Hall–Kier alpha value is -2.82. The first kappa shape index (κ1) is 16.6. The average Bonchev–Trinajstić information content (AvgIpc) is 3.30. The van der Waals surface area contributed by atoms with Crippen LogP contribution in [-0.2, 0) is 11.2 Å². The topological polar surface area (TPSA) is 58.2 Å². The zero-order chi connectivity index (χ0) is 17.9. The van der Waals surface area contributed by atoms with E-state index in [0.29, 0.717) is 13.0 Å². The van der Waals surface area contributed by atoms with E-state index in [9.17, 15) is 4.79 Å². The Bertz CT molecular complexity index is 901. The van der Waals surface area contributed by atoms with Crippen molar-refractivity contribution in [2.24, 2.45) is 0 Å². The van der Waals surface area contributed by atoms with Crippen molar-refractivity contribution in [2.45, 2.75) is 32.2 Å². The molecular weight excluding hydrogens is 326 g/mol. The molecule has 1 aliphatic heterocycles. The zero-order valence-corrected chi connectivity index (χ0v) is 14.9. The number of ether oxygens (including phenoxy) is 1. The molecule has 1 aromatic heterocycles. The molecule has 1 saturated heterocycles.